The van der Waals surface area contributed by atoms with Crippen molar-refractivity contribution in [2.45, 2.75) is 46.1 Å². The monoisotopic (exact) mass is 282 g/mol. The highest BCUT2D eigenvalue weighted by Gasteiger charge is 2.14. The van der Waals surface area contributed by atoms with Gasteiger partial charge in [0.1, 0.15) is 0 Å². The molecule has 0 spiro atoms. The molecule has 0 saturated heterocycles. The van der Waals surface area contributed by atoms with Crippen LogP contribution < -0.4 is 5.32 Å². The van der Waals surface area contributed by atoms with E-state index in [1.165, 1.54) is 28.7 Å². The minimum atomic E-state index is 0.231. The van der Waals surface area contributed by atoms with Crippen molar-refractivity contribution in [2.75, 3.05) is 6.54 Å². The van der Waals surface area contributed by atoms with Crippen LogP contribution in [0.25, 0.3) is 0 Å². The lowest BCUT2D eigenvalue weighted by molar-refractivity contribution is 0.596. The topological polar surface area (TPSA) is 24.9 Å². The highest BCUT2D eigenvalue weighted by molar-refractivity contribution is 5.34. The summed E-state index contributed by atoms with van der Waals surface area (Å²) in [6.45, 7) is 7.54. The molecule has 0 bridgehead atoms. The number of pyridine rings is 1. The van der Waals surface area contributed by atoms with Gasteiger partial charge < -0.3 is 5.32 Å². The van der Waals surface area contributed by atoms with Gasteiger partial charge in [-0.25, -0.2) is 0 Å². The minimum Gasteiger partial charge on any atom is -0.306 e. The highest BCUT2D eigenvalue weighted by Crippen LogP contribution is 2.23. The Hall–Kier alpha value is -1.67. The lowest BCUT2D eigenvalue weighted by Gasteiger charge is -2.20. The fraction of sp³-hybridized carbons (Fsp3) is 0.421. The number of nitrogens with one attached hydrogen (secondary N) is 1. The maximum atomic E-state index is 4.36. The fourth-order valence-electron chi connectivity index (χ4n) is 2.67. The number of hydrogen-bond acceptors (Lipinski definition) is 2. The maximum absolute atomic E-state index is 4.36. The van der Waals surface area contributed by atoms with E-state index in [1.807, 2.05) is 12.4 Å². The predicted octanol–water partition coefficient (Wildman–Crippen LogP) is 4.43. The molecule has 2 heteroatoms. The zero-order valence-electron chi connectivity index (χ0n) is 13.4. The first-order valence-electron chi connectivity index (χ1n) is 7.98. The Labute approximate surface area is 128 Å². The van der Waals surface area contributed by atoms with E-state index in [-0.39, 0.29) is 6.04 Å². The number of hydrogen-bond donors (Lipinski definition) is 1. The zero-order valence-corrected chi connectivity index (χ0v) is 13.4. The molecular weight excluding hydrogens is 256 g/mol. The van der Waals surface area contributed by atoms with Gasteiger partial charge in [0.25, 0.3) is 0 Å². The molecule has 21 heavy (non-hydrogen) atoms. The molecule has 1 aromatic heterocycles. The van der Waals surface area contributed by atoms with Gasteiger partial charge in [-0.05, 0) is 48.6 Å². The summed E-state index contributed by atoms with van der Waals surface area (Å²) in [5, 5.41) is 3.66. The summed E-state index contributed by atoms with van der Waals surface area (Å²) in [6, 6.07) is 11.4. The molecule has 2 nitrogen and oxygen atoms in total. The average Bonchev–Trinajstić information content (AvgIpc) is 2.49. The standard InChI is InChI=1S/C19H26N2/c1-4-7-16-8-6-9-17(12-16)19(21-10-5-2)18-11-15(3)13-20-14-18/h6,8-9,11-14,19,21H,4-5,7,10H2,1-3H3. The van der Waals surface area contributed by atoms with Gasteiger partial charge in [0, 0.05) is 12.4 Å². The lowest BCUT2D eigenvalue weighted by atomic mass is 9.96. The third-order valence-corrected chi connectivity index (χ3v) is 3.65. The van der Waals surface area contributed by atoms with Gasteiger partial charge in [0.2, 0.25) is 0 Å². The third kappa shape index (κ3) is 4.40. The van der Waals surface area contributed by atoms with Gasteiger partial charge in [0.15, 0.2) is 0 Å². The van der Waals surface area contributed by atoms with Crippen molar-refractivity contribution < 1.29 is 0 Å². The summed E-state index contributed by atoms with van der Waals surface area (Å²) in [4.78, 5) is 4.36. The van der Waals surface area contributed by atoms with E-state index < -0.39 is 0 Å². The van der Waals surface area contributed by atoms with Crippen LogP contribution in [0, 0.1) is 6.92 Å². The van der Waals surface area contributed by atoms with Gasteiger partial charge in [-0.3, -0.25) is 4.98 Å². The van der Waals surface area contributed by atoms with E-state index in [9.17, 15) is 0 Å². The highest BCUT2D eigenvalue weighted by atomic mass is 14.9. The van der Waals surface area contributed by atoms with E-state index in [0.29, 0.717) is 0 Å². The second-order valence-electron chi connectivity index (χ2n) is 5.68. The molecule has 0 aliphatic heterocycles. The summed E-state index contributed by atoms with van der Waals surface area (Å²) in [7, 11) is 0. The number of aryl methyl sites for hydroxylation is 2. The van der Waals surface area contributed by atoms with Gasteiger partial charge in [-0.15, -0.1) is 0 Å². The van der Waals surface area contributed by atoms with Gasteiger partial charge in [0.05, 0.1) is 6.04 Å². The van der Waals surface area contributed by atoms with E-state index >= 15 is 0 Å². The molecule has 0 radical (unpaired) electrons. The molecule has 0 aliphatic carbocycles. The van der Waals surface area contributed by atoms with Crippen LogP contribution in [0.1, 0.15) is 55.0 Å². The Balaban J connectivity index is 2.33. The predicted molar refractivity (Wildman–Crippen MR) is 89.5 cm³/mol. The van der Waals surface area contributed by atoms with Crippen LogP contribution in [0.4, 0.5) is 0 Å². The van der Waals surface area contributed by atoms with Gasteiger partial charge in [-0.1, -0.05) is 50.6 Å². The summed E-state index contributed by atoms with van der Waals surface area (Å²) < 4.78 is 0. The van der Waals surface area contributed by atoms with Crippen molar-refractivity contribution in [1.29, 1.82) is 0 Å². The molecule has 0 aliphatic rings. The molecule has 1 N–H and O–H groups in total. The molecule has 1 aromatic carbocycles. The van der Waals surface area contributed by atoms with Crippen LogP contribution in [0.15, 0.2) is 42.7 Å². The first-order chi connectivity index (χ1) is 10.2. The van der Waals surface area contributed by atoms with Gasteiger partial charge >= 0.3 is 0 Å². The molecular formula is C19H26N2. The number of nitrogens with zero attached hydrogens (tertiary/aromatic N) is 1. The quantitative estimate of drug-likeness (QED) is 0.812. The van der Waals surface area contributed by atoms with Gasteiger partial charge in [-0.2, -0.15) is 0 Å². The molecule has 0 amide bonds. The van der Waals surface area contributed by atoms with Crippen molar-refractivity contribution >= 4 is 0 Å². The van der Waals surface area contributed by atoms with Crippen molar-refractivity contribution in [1.82, 2.24) is 10.3 Å². The smallest absolute Gasteiger partial charge is 0.0592 e. The number of aromatic nitrogens is 1. The Morgan fingerprint density at radius 2 is 1.90 bits per heavy atom. The third-order valence-electron chi connectivity index (χ3n) is 3.65. The molecule has 1 heterocycles. The van der Waals surface area contributed by atoms with Crippen LogP contribution in [0.2, 0.25) is 0 Å². The van der Waals surface area contributed by atoms with Crippen molar-refractivity contribution in [2.24, 2.45) is 0 Å². The van der Waals surface area contributed by atoms with Crippen LogP contribution in [0.3, 0.4) is 0 Å². The fourth-order valence-corrected chi connectivity index (χ4v) is 2.67. The first-order valence-corrected chi connectivity index (χ1v) is 7.98. The molecule has 2 rings (SSSR count). The Morgan fingerprint density at radius 3 is 2.62 bits per heavy atom. The SMILES string of the molecule is CCCNC(c1cncc(C)c1)c1cccc(CCC)c1. The molecule has 0 fully saturated rings. The average molecular weight is 282 g/mol. The van der Waals surface area contributed by atoms with Crippen LogP contribution in [0.5, 0.6) is 0 Å². The zero-order chi connectivity index (χ0) is 15.1. The van der Waals surface area contributed by atoms with E-state index in [2.05, 4.69) is 61.4 Å². The van der Waals surface area contributed by atoms with E-state index in [4.69, 9.17) is 0 Å². The molecule has 0 saturated carbocycles. The van der Waals surface area contributed by atoms with Crippen molar-refractivity contribution in [3.05, 3.63) is 65.0 Å². The Bertz CT molecular complexity index is 563. The maximum Gasteiger partial charge on any atom is 0.0592 e. The minimum absolute atomic E-state index is 0.231. The molecule has 112 valence electrons. The normalized spacial score (nSPS) is 12.3. The molecule has 1 unspecified atom stereocenters. The summed E-state index contributed by atoms with van der Waals surface area (Å²) in [5.74, 6) is 0. The molecule has 1 atom stereocenters. The Kier molecular flexibility index (Phi) is 5.94. The van der Waals surface area contributed by atoms with Crippen LogP contribution in [-0.2, 0) is 6.42 Å². The molecule has 2 aromatic rings. The van der Waals surface area contributed by atoms with E-state index in [1.54, 1.807) is 0 Å². The lowest BCUT2D eigenvalue weighted by Crippen LogP contribution is -2.23. The summed E-state index contributed by atoms with van der Waals surface area (Å²) >= 11 is 0. The largest absolute Gasteiger partial charge is 0.306 e. The number of benzene rings is 1. The van der Waals surface area contributed by atoms with Crippen molar-refractivity contribution in [3.8, 4) is 0 Å². The van der Waals surface area contributed by atoms with Crippen LogP contribution >= 0.6 is 0 Å². The van der Waals surface area contributed by atoms with Crippen LogP contribution in [-0.4, -0.2) is 11.5 Å². The second-order valence-corrected chi connectivity index (χ2v) is 5.68. The Morgan fingerprint density at radius 1 is 1.05 bits per heavy atom. The van der Waals surface area contributed by atoms with Crippen molar-refractivity contribution in [3.63, 3.8) is 0 Å². The second kappa shape index (κ2) is 7.94. The summed E-state index contributed by atoms with van der Waals surface area (Å²) in [6.07, 6.45) is 7.34. The summed E-state index contributed by atoms with van der Waals surface area (Å²) in [5.41, 5.74) is 5.21. The van der Waals surface area contributed by atoms with E-state index in [0.717, 1.165) is 19.4 Å². The number of rotatable bonds is 7. The first kappa shape index (κ1) is 15.7.